The standard InChI is InChI=1S/C16H19N3O2.C11H18O5.C8H18O3.C7H12O4/c1-9-12(15(20)21)13(17)19-14(18-9)10-5-7-11(8-6-10)16(2,3)4;1-5-14-8(4)9(10(12)15-6-2)11(13)16-7-3;1-5-9-8(4,10-6-2)11-7-3;1-3-10-6(8)5-7(9)11-4-2/h5-8H,1-4H3,(H,20,21)(H2,17,18,19);5-7H2,1-4H3;5-7H2,1-4H3;3-5H2,1-2H3. The summed E-state index contributed by atoms with van der Waals surface area (Å²) in [7, 11) is 0. The average Bonchev–Trinajstić information content (AvgIpc) is 3.12. The van der Waals surface area contributed by atoms with Crippen LogP contribution in [0.1, 0.15) is 118 Å². The number of aryl methyl sites for hydroxylation is 1. The first kappa shape index (κ1) is 56.0. The topological polar surface area (TPSA) is 231 Å². The van der Waals surface area contributed by atoms with E-state index >= 15 is 0 Å². The molecule has 334 valence electrons. The summed E-state index contributed by atoms with van der Waals surface area (Å²) in [5, 5.41) is 9.07. The molecule has 2 aromatic rings. The molecule has 1 aromatic heterocycles. The lowest BCUT2D eigenvalue weighted by atomic mass is 9.86. The van der Waals surface area contributed by atoms with E-state index in [2.05, 4.69) is 40.2 Å². The second kappa shape index (κ2) is 30.0. The molecule has 0 atom stereocenters. The number of aromatic carboxylic acids is 1. The predicted molar refractivity (Wildman–Crippen MR) is 221 cm³/mol. The van der Waals surface area contributed by atoms with Crippen molar-refractivity contribution in [3.63, 3.8) is 0 Å². The van der Waals surface area contributed by atoms with Gasteiger partial charge in [0.2, 0.25) is 0 Å². The van der Waals surface area contributed by atoms with Gasteiger partial charge in [0.25, 0.3) is 5.97 Å². The lowest BCUT2D eigenvalue weighted by Crippen LogP contribution is -2.35. The number of nitrogens with zero attached hydrogens (tertiary/aromatic N) is 2. The van der Waals surface area contributed by atoms with Crippen LogP contribution >= 0.6 is 0 Å². The van der Waals surface area contributed by atoms with Crippen LogP contribution in [-0.4, -0.2) is 104 Å². The minimum Gasteiger partial charge on any atom is -0.497 e. The van der Waals surface area contributed by atoms with Crippen LogP contribution in [0.3, 0.4) is 0 Å². The zero-order valence-corrected chi connectivity index (χ0v) is 37.4. The molecule has 3 N–H and O–H groups in total. The number of ether oxygens (including phenoxy) is 8. The third kappa shape index (κ3) is 22.6. The Labute approximate surface area is 349 Å². The Morgan fingerprint density at radius 3 is 1.36 bits per heavy atom. The molecule has 1 heterocycles. The highest BCUT2D eigenvalue weighted by Gasteiger charge is 2.26. The monoisotopic (exact) mass is 837 g/mol. The molecular formula is C42H67N3O14. The fourth-order valence-corrected chi connectivity index (χ4v) is 4.63. The third-order valence-electron chi connectivity index (χ3n) is 7.13. The van der Waals surface area contributed by atoms with Crippen LogP contribution in [0.4, 0.5) is 5.82 Å². The number of anilines is 1. The van der Waals surface area contributed by atoms with E-state index in [4.69, 9.17) is 39.3 Å². The van der Waals surface area contributed by atoms with Gasteiger partial charge in [-0.25, -0.2) is 24.4 Å². The van der Waals surface area contributed by atoms with Crippen molar-refractivity contribution >= 4 is 35.7 Å². The lowest BCUT2D eigenvalue weighted by Gasteiger charge is -2.27. The maximum absolute atomic E-state index is 11.5. The fraction of sp³-hybridized carbons (Fsp3) is 0.595. The lowest BCUT2D eigenvalue weighted by molar-refractivity contribution is -0.365. The van der Waals surface area contributed by atoms with Crippen LogP contribution in [0.25, 0.3) is 11.4 Å². The quantitative estimate of drug-likeness (QED) is 0.0301. The number of nitrogen functional groups attached to an aromatic ring is 1. The van der Waals surface area contributed by atoms with Gasteiger partial charge in [0, 0.05) is 32.3 Å². The van der Waals surface area contributed by atoms with Gasteiger partial charge < -0.3 is 48.7 Å². The smallest absolute Gasteiger partial charge is 0.349 e. The van der Waals surface area contributed by atoms with Crippen LogP contribution in [0.15, 0.2) is 35.6 Å². The number of rotatable bonds is 18. The molecule has 0 amide bonds. The van der Waals surface area contributed by atoms with Gasteiger partial charge in [-0.05, 0) is 80.2 Å². The van der Waals surface area contributed by atoms with Gasteiger partial charge in [-0.15, -0.1) is 0 Å². The normalized spacial score (nSPS) is 10.5. The SMILES string of the molecule is CCOC(=O)C(C(=O)OCC)=C(C)OCC.CCOC(=O)CC(=O)OCC.CCOC(C)(OCC)OCC.Cc1nc(-c2ccc(C(C)(C)C)cc2)nc(N)c1C(=O)O. The Bertz CT molecular complexity index is 1540. The minimum atomic E-state index is -1.11. The number of benzene rings is 1. The molecule has 0 bridgehead atoms. The van der Waals surface area contributed by atoms with E-state index in [1.807, 2.05) is 45.0 Å². The second-order valence-electron chi connectivity index (χ2n) is 12.8. The molecule has 17 nitrogen and oxygen atoms in total. The van der Waals surface area contributed by atoms with Crippen LogP contribution in [0.5, 0.6) is 0 Å². The summed E-state index contributed by atoms with van der Waals surface area (Å²) in [5.41, 5.74) is 7.97. The van der Waals surface area contributed by atoms with Crippen molar-refractivity contribution in [3.8, 4) is 11.4 Å². The van der Waals surface area contributed by atoms with Crippen molar-refractivity contribution < 1.29 is 67.0 Å². The zero-order chi connectivity index (χ0) is 45.8. The van der Waals surface area contributed by atoms with Gasteiger partial charge in [0.15, 0.2) is 11.4 Å². The van der Waals surface area contributed by atoms with E-state index in [9.17, 15) is 24.0 Å². The highest BCUT2D eigenvalue weighted by molar-refractivity contribution is 6.14. The molecule has 0 saturated carbocycles. The summed E-state index contributed by atoms with van der Waals surface area (Å²) >= 11 is 0. The van der Waals surface area contributed by atoms with Gasteiger partial charge in [0.05, 0.1) is 38.7 Å². The van der Waals surface area contributed by atoms with Gasteiger partial charge in [-0.1, -0.05) is 45.0 Å². The first-order valence-corrected chi connectivity index (χ1v) is 19.6. The number of hydrogen-bond donors (Lipinski definition) is 2. The van der Waals surface area contributed by atoms with E-state index in [1.54, 1.807) is 48.5 Å². The van der Waals surface area contributed by atoms with Gasteiger partial charge in [-0.2, -0.15) is 0 Å². The minimum absolute atomic E-state index is 0.00935. The number of nitrogens with two attached hydrogens (primary N) is 1. The Morgan fingerprint density at radius 1 is 0.627 bits per heavy atom. The number of hydrogen-bond acceptors (Lipinski definition) is 16. The van der Waals surface area contributed by atoms with Crippen molar-refractivity contribution in [1.29, 1.82) is 0 Å². The molecule has 17 heteroatoms. The van der Waals surface area contributed by atoms with Crippen molar-refractivity contribution in [2.45, 2.75) is 115 Å². The molecule has 59 heavy (non-hydrogen) atoms. The van der Waals surface area contributed by atoms with Crippen molar-refractivity contribution in [3.05, 3.63) is 52.4 Å². The maximum Gasteiger partial charge on any atom is 0.349 e. The summed E-state index contributed by atoms with van der Waals surface area (Å²) in [6, 6.07) is 7.90. The van der Waals surface area contributed by atoms with Gasteiger partial charge in [-0.3, -0.25) is 9.59 Å². The van der Waals surface area contributed by atoms with Crippen molar-refractivity contribution in [2.75, 3.05) is 58.6 Å². The fourth-order valence-electron chi connectivity index (χ4n) is 4.63. The Balaban J connectivity index is 0. The number of esters is 4. The maximum atomic E-state index is 11.5. The van der Waals surface area contributed by atoms with Crippen molar-refractivity contribution in [1.82, 2.24) is 9.97 Å². The number of allylic oxidation sites excluding steroid dienone is 1. The van der Waals surface area contributed by atoms with Gasteiger partial charge >= 0.3 is 29.8 Å². The van der Waals surface area contributed by atoms with Gasteiger partial charge in [0.1, 0.15) is 23.6 Å². The molecule has 0 aliphatic carbocycles. The van der Waals surface area contributed by atoms with Crippen LogP contribution < -0.4 is 5.73 Å². The molecule has 0 aliphatic heterocycles. The Kier molecular flexibility index (Phi) is 28.4. The molecule has 2 rings (SSSR count). The molecule has 0 radical (unpaired) electrons. The molecule has 0 spiro atoms. The second-order valence-corrected chi connectivity index (χ2v) is 12.8. The van der Waals surface area contributed by atoms with Crippen molar-refractivity contribution in [2.24, 2.45) is 0 Å². The average molecular weight is 838 g/mol. The van der Waals surface area contributed by atoms with E-state index in [1.165, 1.54) is 12.5 Å². The molecule has 0 unspecified atom stereocenters. The number of carbonyl (C=O) groups is 5. The van der Waals surface area contributed by atoms with E-state index in [-0.39, 0.29) is 61.0 Å². The summed E-state index contributed by atoms with van der Waals surface area (Å²) in [5.74, 6) is -3.81. The van der Waals surface area contributed by atoms with Crippen LogP contribution in [0, 0.1) is 6.92 Å². The summed E-state index contributed by atoms with van der Waals surface area (Å²) < 4.78 is 39.5. The largest absolute Gasteiger partial charge is 0.497 e. The molecule has 0 saturated heterocycles. The predicted octanol–water partition coefficient (Wildman–Crippen LogP) is 6.73. The first-order chi connectivity index (χ1) is 27.7. The number of carbonyl (C=O) groups excluding carboxylic acids is 4. The van der Waals surface area contributed by atoms with Crippen LogP contribution in [-0.2, 0) is 62.5 Å². The summed E-state index contributed by atoms with van der Waals surface area (Å²) in [6.45, 7) is 28.7. The summed E-state index contributed by atoms with van der Waals surface area (Å²) in [4.78, 5) is 63.7. The molecule has 1 aromatic carbocycles. The van der Waals surface area contributed by atoms with E-state index in [0.29, 0.717) is 37.9 Å². The van der Waals surface area contributed by atoms with E-state index < -0.39 is 35.8 Å². The molecule has 0 fully saturated rings. The van der Waals surface area contributed by atoms with E-state index in [0.717, 1.165) is 5.56 Å². The third-order valence-corrected chi connectivity index (χ3v) is 7.13. The number of carboxylic acid groups (broad SMARTS) is 1. The molecular weight excluding hydrogens is 770 g/mol. The Morgan fingerprint density at radius 2 is 1.03 bits per heavy atom. The summed E-state index contributed by atoms with van der Waals surface area (Å²) in [6.07, 6.45) is -0.290. The highest BCUT2D eigenvalue weighted by Crippen LogP contribution is 2.26. The van der Waals surface area contributed by atoms with Crippen LogP contribution in [0.2, 0.25) is 0 Å². The number of carboxylic acids is 1. The molecule has 0 aliphatic rings. The number of aromatic nitrogens is 2. The highest BCUT2D eigenvalue weighted by atomic mass is 16.9. The first-order valence-electron chi connectivity index (χ1n) is 19.6. The zero-order valence-electron chi connectivity index (χ0n) is 37.4. The Hall–Kier alpha value is -5.13.